The number of hydrogen-bond acceptors (Lipinski definition) is 1. The Kier molecular flexibility index (Phi) is 4.11. The van der Waals surface area contributed by atoms with Gasteiger partial charge >= 0.3 is 0 Å². The smallest absolute Gasteiger partial charge is 0.255 e. The lowest BCUT2D eigenvalue weighted by Crippen LogP contribution is -2.28. The highest BCUT2D eigenvalue weighted by atomic mass is 79.9. The van der Waals surface area contributed by atoms with Crippen LogP contribution in [0.15, 0.2) is 53.0 Å². The molecule has 0 bridgehead atoms. The molecule has 1 heterocycles. The molecule has 1 unspecified atom stereocenters. The first-order valence-corrected chi connectivity index (χ1v) is 8.05. The van der Waals surface area contributed by atoms with Crippen molar-refractivity contribution >= 4 is 21.8 Å². The van der Waals surface area contributed by atoms with Crippen molar-refractivity contribution in [3.05, 3.63) is 69.7 Å². The summed E-state index contributed by atoms with van der Waals surface area (Å²) in [5.41, 5.74) is 3.21. The van der Waals surface area contributed by atoms with Crippen LogP contribution in [0, 0.1) is 6.92 Å². The number of carbonyl (C=O) groups is 1. The second-order valence-corrected chi connectivity index (χ2v) is 6.49. The molecule has 2 aromatic carbocycles. The SMILES string of the molecule is Cc1ccc(Br)c(C(=O)N2CCC(c3ccccc3)C2)c1. The van der Waals surface area contributed by atoms with Crippen LogP contribution >= 0.6 is 15.9 Å². The number of benzene rings is 2. The Labute approximate surface area is 133 Å². The zero-order chi connectivity index (χ0) is 14.8. The first-order valence-electron chi connectivity index (χ1n) is 7.25. The Hall–Kier alpha value is -1.61. The summed E-state index contributed by atoms with van der Waals surface area (Å²) in [6.07, 6.45) is 1.04. The number of amides is 1. The van der Waals surface area contributed by atoms with Gasteiger partial charge in [-0.1, -0.05) is 42.0 Å². The van der Waals surface area contributed by atoms with Crippen molar-refractivity contribution in [2.24, 2.45) is 0 Å². The van der Waals surface area contributed by atoms with E-state index in [1.54, 1.807) is 0 Å². The molecule has 1 atom stereocenters. The molecule has 0 N–H and O–H groups in total. The maximum absolute atomic E-state index is 12.7. The highest BCUT2D eigenvalue weighted by Crippen LogP contribution is 2.29. The highest BCUT2D eigenvalue weighted by molar-refractivity contribution is 9.10. The maximum Gasteiger partial charge on any atom is 0.255 e. The molecule has 0 aliphatic carbocycles. The summed E-state index contributed by atoms with van der Waals surface area (Å²) in [4.78, 5) is 14.7. The molecule has 0 radical (unpaired) electrons. The van der Waals surface area contributed by atoms with Gasteiger partial charge in [0, 0.05) is 23.5 Å². The average molecular weight is 344 g/mol. The maximum atomic E-state index is 12.7. The van der Waals surface area contributed by atoms with Gasteiger partial charge in [-0.05, 0) is 47.0 Å². The quantitative estimate of drug-likeness (QED) is 0.791. The van der Waals surface area contributed by atoms with Gasteiger partial charge in [0.15, 0.2) is 0 Å². The van der Waals surface area contributed by atoms with Crippen LogP contribution in [-0.4, -0.2) is 23.9 Å². The molecule has 1 fully saturated rings. The Morgan fingerprint density at radius 1 is 1.19 bits per heavy atom. The lowest BCUT2D eigenvalue weighted by molar-refractivity contribution is 0.0790. The highest BCUT2D eigenvalue weighted by Gasteiger charge is 2.28. The molecule has 1 aliphatic heterocycles. The van der Waals surface area contributed by atoms with Crippen molar-refractivity contribution in [3.63, 3.8) is 0 Å². The van der Waals surface area contributed by atoms with Crippen molar-refractivity contribution < 1.29 is 4.79 Å². The normalized spacial score (nSPS) is 18.0. The lowest BCUT2D eigenvalue weighted by atomic mass is 9.99. The largest absolute Gasteiger partial charge is 0.338 e. The third-order valence-electron chi connectivity index (χ3n) is 4.10. The monoisotopic (exact) mass is 343 g/mol. The molecule has 0 spiro atoms. The molecule has 0 saturated carbocycles. The van der Waals surface area contributed by atoms with Crippen LogP contribution < -0.4 is 0 Å². The van der Waals surface area contributed by atoms with Crippen molar-refractivity contribution in [1.82, 2.24) is 4.90 Å². The van der Waals surface area contributed by atoms with Gasteiger partial charge in [-0.15, -0.1) is 0 Å². The number of likely N-dealkylation sites (tertiary alicyclic amines) is 1. The van der Waals surface area contributed by atoms with Gasteiger partial charge in [0.05, 0.1) is 5.56 Å². The van der Waals surface area contributed by atoms with E-state index < -0.39 is 0 Å². The Morgan fingerprint density at radius 2 is 1.95 bits per heavy atom. The van der Waals surface area contributed by atoms with Gasteiger partial charge in [-0.2, -0.15) is 0 Å². The minimum atomic E-state index is 0.129. The van der Waals surface area contributed by atoms with E-state index in [0.717, 1.165) is 35.1 Å². The van der Waals surface area contributed by atoms with E-state index in [0.29, 0.717) is 5.92 Å². The van der Waals surface area contributed by atoms with Gasteiger partial charge in [0.1, 0.15) is 0 Å². The summed E-state index contributed by atoms with van der Waals surface area (Å²) in [7, 11) is 0. The summed E-state index contributed by atoms with van der Waals surface area (Å²) in [6.45, 7) is 3.65. The molecule has 2 aromatic rings. The number of halogens is 1. The van der Waals surface area contributed by atoms with Gasteiger partial charge in [0.25, 0.3) is 5.91 Å². The van der Waals surface area contributed by atoms with Crippen LogP contribution in [0.3, 0.4) is 0 Å². The van der Waals surface area contributed by atoms with Gasteiger partial charge in [-0.3, -0.25) is 4.79 Å². The van der Waals surface area contributed by atoms with E-state index in [2.05, 4.69) is 40.2 Å². The summed E-state index contributed by atoms with van der Waals surface area (Å²) >= 11 is 3.49. The van der Waals surface area contributed by atoms with Crippen LogP contribution in [0.5, 0.6) is 0 Å². The van der Waals surface area contributed by atoms with E-state index in [1.165, 1.54) is 5.56 Å². The Balaban J connectivity index is 1.77. The molecular formula is C18H18BrNO. The van der Waals surface area contributed by atoms with Crippen LogP contribution in [0.4, 0.5) is 0 Å². The molecule has 2 nitrogen and oxygen atoms in total. The lowest BCUT2D eigenvalue weighted by Gasteiger charge is -2.18. The number of aryl methyl sites for hydroxylation is 1. The van der Waals surface area contributed by atoms with Crippen LogP contribution in [0.2, 0.25) is 0 Å². The van der Waals surface area contributed by atoms with Crippen LogP contribution in [-0.2, 0) is 0 Å². The number of nitrogens with zero attached hydrogens (tertiary/aromatic N) is 1. The zero-order valence-corrected chi connectivity index (χ0v) is 13.6. The van der Waals surface area contributed by atoms with Gasteiger partial charge in [-0.25, -0.2) is 0 Å². The molecule has 1 amide bonds. The molecular weight excluding hydrogens is 326 g/mol. The van der Waals surface area contributed by atoms with Crippen molar-refractivity contribution in [2.75, 3.05) is 13.1 Å². The standard InChI is InChI=1S/C18H18BrNO/c1-13-7-8-17(19)16(11-13)18(21)20-10-9-15(12-20)14-5-3-2-4-6-14/h2-8,11,15H,9-10,12H2,1H3. The molecule has 3 heteroatoms. The van der Waals surface area contributed by atoms with E-state index in [1.807, 2.05) is 36.1 Å². The Morgan fingerprint density at radius 3 is 2.71 bits per heavy atom. The Bertz CT molecular complexity index is 654. The van der Waals surface area contributed by atoms with Crippen LogP contribution in [0.1, 0.15) is 33.8 Å². The third kappa shape index (κ3) is 3.03. The average Bonchev–Trinajstić information content (AvgIpc) is 3.00. The number of carbonyl (C=O) groups excluding carboxylic acids is 1. The van der Waals surface area contributed by atoms with E-state index in [9.17, 15) is 4.79 Å². The van der Waals surface area contributed by atoms with E-state index >= 15 is 0 Å². The summed E-state index contributed by atoms with van der Waals surface area (Å²) in [6, 6.07) is 16.4. The minimum absolute atomic E-state index is 0.129. The first kappa shape index (κ1) is 14.3. The van der Waals surface area contributed by atoms with Crippen molar-refractivity contribution in [3.8, 4) is 0 Å². The zero-order valence-electron chi connectivity index (χ0n) is 12.1. The van der Waals surface area contributed by atoms with E-state index in [-0.39, 0.29) is 5.91 Å². The number of rotatable bonds is 2. The molecule has 21 heavy (non-hydrogen) atoms. The molecule has 0 aromatic heterocycles. The second-order valence-electron chi connectivity index (χ2n) is 5.63. The van der Waals surface area contributed by atoms with Gasteiger partial charge < -0.3 is 4.90 Å². The predicted molar refractivity (Wildman–Crippen MR) is 88.6 cm³/mol. The number of hydrogen-bond donors (Lipinski definition) is 0. The summed E-state index contributed by atoms with van der Waals surface area (Å²) in [5, 5.41) is 0. The molecule has 108 valence electrons. The fourth-order valence-corrected chi connectivity index (χ4v) is 3.33. The van der Waals surface area contributed by atoms with Gasteiger partial charge in [0.2, 0.25) is 0 Å². The second kappa shape index (κ2) is 6.02. The van der Waals surface area contributed by atoms with E-state index in [4.69, 9.17) is 0 Å². The first-order chi connectivity index (χ1) is 10.1. The molecule has 1 saturated heterocycles. The molecule has 1 aliphatic rings. The predicted octanol–water partition coefficient (Wildman–Crippen LogP) is 4.39. The minimum Gasteiger partial charge on any atom is -0.338 e. The third-order valence-corrected chi connectivity index (χ3v) is 4.79. The summed E-state index contributed by atoms with van der Waals surface area (Å²) < 4.78 is 0.876. The van der Waals surface area contributed by atoms with Crippen molar-refractivity contribution in [2.45, 2.75) is 19.3 Å². The topological polar surface area (TPSA) is 20.3 Å². The van der Waals surface area contributed by atoms with Crippen LogP contribution in [0.25, 0.3) is 0 Å². The fourth-order valence-electron chi connectivity index (χ4n) is 2.92. The van der Waals surface area contributed by atoms with Crippen molar-refractivity contribution in [1.29, 1.82) is 0 Å². The summed E-state index contributed by atoms with van der Waals surface area (Å²) in [5.74, 6) is 0.586. The fraction of sp³-hybridized carbons (Fsp3) is 0.278. The molecule has 3 rings (SSSR count).